The molecule has 0 spiro atoms. The molecule has 5 nitrogen and oxygen atoms in total. The van der Waals surface area contributed by atoms with E-state index in [2.05, 4.69) is 9.80 Å². The van der Waals surface area contributed by atoms with Crippen LogP contribution in [-0.2, 0) is 14.3 Å². The van der Waals surface area contributed by atoms with Gasteiger partial charge < -0.3 is 14.4 Å². The Morgan fingerprint density at radius 2 is 2.00 bits per heavy atom. The normalized spacial score (nSPS) is 27.1. The smallest absolute Gasteiger partial charge is 0.325 e. The average Bonchev–Trinajstić information content (AvgIpc) is 2.45. The molecule has 0 bridgehead atoms. The highest BCUT2D eigenvalue weighted by Crippen LogP contribution is 2.11. The van der Waals surface area contributed by atoms with Gasteiger partial charge in [0.05, 0.1) is 20.3 Å². The summed E-state index contributed by atoms with van der Waals surface area (Å²) >= 11 is 0. The lowest BCUT2D eigenvalue weighted by atomic mass is 10.1. The number of ether oxygens (including phenoxy) is 2. The molecule has 0 saturated carbocycles. The van der Waals surface area contributed by atoms with Crippen molar-refractivity contribution in [2.75, 3.05) is 53.0 Å². The fourth-order valence-corrected chi connectivity index (χ4v) is 2.71. The monoisotopic (exact) mass is 256 g/mol. The lowest BCUT2D eigenvalue weighted by molar-refractivity contribution is -0.153. The maximum atomic E-state index is 11.7. The Morgan fingerprint density at radius 3 is 2.72 bits per heavy atom. The molecule has 2 saturated heterocycles. The van der Waals surface area contributed by atoms with Crippen molar-refractivity contribution in [2.45, 2.75) is 25.3 Å². The molecule has 0 radical (unpaired) electrons. The van der Waals surface area contributed by atoms with Crippen molar-refractivity contribution in [3.8, 4) is 0 Å². The lowest BCUT2D eigenvalue weighted by Crippen LogP contribution is -2.52. The Labute approximate surface area is 109 Å². The Morgan fingerprint density at radius 1 is 1.22 bits per heavy atom. The summed E-state index contributed by atoms with van der Waals surface area (Å²) in [5.41, 5.74) is 0. The summed E-state index contributed by atoms with van der Waals surface area (Å²) in [5.74, 6) is -0.173. The molecule has 0 aromatic carbocycles. The molecular formula is C13H24N2O3. The number of piperidine rings is 1. The Kier molecular flexibility index (Phi) is 5.41. The van der Waals surface area contributed by atoms with Gasteiger partial charge in [0.15, 0.2) is 0 Å². The van der Waals surface area contributed by atoms with Gasteiger partial charge in [-0.25, -0.2) is 0 Å². The molecule has 0 aromatic heterocycles. The summed E-state index contributed by atoms with van der Waals surface area (Å²) in [6, 6.07) is -0.214. The minimum Gasteiger partial charge on any atom is -0.468 e. The first kappa shape index (κ1) is 13.8. The van der Waals surface area contributed by atoms with E-state index in [0.29, 0.717) is 13.2 Å². The molecular weight excluding hydrogens is 232 g/mol. The molecule has 5 heteroatoms. The number of methoxy groups -OCH3 is 1. The van der Waals surface area contributed by atoms with Crippen molar-refractivity contribution in [1.29, 1.82) is 0 Å². The van der Waals surface area contributed by atoms with E-state index in [1.807, 2.05) is 0 Å². The van der Waals surface area contributed by atoms with E-state index in [0.717, 1.165) is 19.6 Å². The quantitative estimate of drug-likeness (QED) is 0.679. The predicted molar refractivity (Wildman–Crippen MR) is 68.5 cm³/mol. The fraction of sp³-hybridized carbons (Fsp3) is 0.923. The van der Waals surface area contributed by atoms with Crippen LogP contribution < -0.4 is 0 Å². The van der Waals surface area contributed by atoms with Crippen LogP contribution in [0.2, 0.25) is 0 Å². The van der Waals surface area contributed by atoms with Gasteiger partial charge in [-0.2, -0.15) is 0 Å². The van der Waals surface area contributed by atoms with Gasteiger partial charge in [-0.3, -0.25) is 9.69 Å². The Bertz CT molecular complexity index is 267. The number of nitrogens with zero attached hydrogens (tertiary/aromatic N) is 2. The van der Waals surface area contributed by atoms with Crippen LogP contribution in [0.1, 0.15) is 19.3 Å². The van der Waals surface area contributed by atoms with Gasteiger partial charge in [-0.05, 0) is 25.9 Å². The van der Waals surface area contributed by atoms with Crippen molar-refractivity contribution in [3.63, 3.8) is 0 Å². The van der Waals surface area contributed by atoms with Gasteiger partial charge in [0.25, 0.3) is 0 Å². The lowest BCUT2D eigenvalue weighted by Gasteiger charge is -2.35. The Balaban J connectivity index is 1.79. The topological polar surface area (TPSA) is 42.0 Å². The molecule has 18 heavy (non-hydrogen) atoms. The van der Waals surface area contributed by atoms with Crippen LogP contribution in [0.3, 0.4) is 0 Å². The van der Waals surface area contributed by atoms with Gasteiger partial charge in [-0.15, -0.1) is 0 Å². The van der Waals surface area contributed by atoms with Crippen LogP contribution >= 0.6 is 0 Å². The van der Waals surface area contributed by atoms with Crippen molar-refractivity contribution in [2.24, 2.45) is 0 Å². The molecule has 0 aliphatic carbocycles. The van der Waals surface area contributed by atoms with E-state index in [1.165, 1.54) is 39.5 Å². The van der Waals surface area contributed by atoms with Crippen LogP contribution in [0, 0.1) is 0 Å². The second-order valence-electron chi connectivity index (χ2n) is 5.05. The second kappa shape index (κ2) is 7.07. The van der Waals surface area contributed by atoms with Crippen LogP contribution in [0.25, 0.3) is 0 Å². The molecule has 2 aliphatic heterocycles. The first-order valence-electron chi connectivity index (χ1n) is 6.93. The number of esters is 1. The molecule has 1 atom stereocenters. The Hall–Kier alpha value is -0.650. The molecule has 104 valence electrons. The van der Waals surface area contributed by atoms with Crippen molar-refractivity contribution >= 4 is 5.97 Å². The summed E-state index contributed by atoms with van der Waals surface area (Å²) in [6.07, 6.45) is 3.98. The van der Waals surface area contributed by atoms with E-state index in [9.17, 15) is 4.79 Å². The average molecular weight is 256 g/mol. The first-order chi connectivity index (χ1) is 8.81. The number of hydrogen-bond acceptors (Lipinski definition) is 5. The number of likely N-dealkylation sites (tertiary alicyclic amines) is 1. The molecule has 0 amide bonds. The maximum absolute atomic E-state index is 11.7. The van der Waals surface area contributed by atoms with Gasteiger partial charge in [0.2, 0.25) is 0 Å². The number of hydrogen-bond donors (Lipinski definition) is 0. The molecule has 2 aliphatic rings. The third kappa shape index (κ3) is 3.67. The van der Waals surface area contributed by atoms with E-state index in [1.54, 1.807) is 0 Å². The largest absolute Gasteiger partial charge is 0.468 e. The standard InChI is InChI=1S/C13H24N2O3/c1-17-13(16)12-11-18-10-9-15(12)8-7-14-5-3-2-4-6-14/h12H,2-11H2,1H3. The summed E-state index contributed by atoms with van der Waals surface area (Å²) < 4.78 is 10.2. The minimum absolute atomic E-state index is 0.173. The maximum Gasteiger partial charge on any atom is 0.325 e. The van der Waals surface area contributed by atoms with E-state index >= 15 is 0 Å². The summed E-state index contributed by atoms with van der Waals surface area (Å²) in [5, 5.41) is 0. The van der Waals surface area contributed by atoms with Crippen LogP contribution in [-0.4, -0.2) is 74.9 Å². The summed E-state index contributed by atoms with van der Waals surface area (Å²) in [4.78, 5) is 16.4. The molecule has 0 N–H and O–H groups in total. The third-order valence-electron chi connectivity index (χ3n) is 3.86. The number of carbonyl (C=O) groups excluding carboxylic acids is 1. The van der Waals surface area contributed by atoms with Gasteiger partial charge in [0, 0.05) is 19.6 Å². The van der Waals surface area contributed by atoms with E-state index in [4.69, 9.17) is 9.47 Å². The molecule has 2 rings (SSSR count). The first-order valence-corrected chi connectivity index (χ1v) is 6.93. The van der Waals surface area contributed by atoms with E-state index in [-0.39, 0.29) is 12.0 Å². The zero-order chi connectivity index (χ0) is 12.8. The van der Waals surface area contributed by atoms with Gasteiger partial charge in [-0.1, -0.05) is 6.42 Å². The fourth-order valence-electron chi connectivity index (χ4n) is 2.71. The zero-order valence-electron chi connectivity index (χ0n) is 11.3. The summed E-state index contributed by atoms with van der Waals surface area (Å²) in [6.45, 7) is 6.39. The van der Waals surface area contributed by atoms with Crippen LogP contribution in [0.4, 0.5) is 0 Å². The third-order valence-corrected chi connectivity index (χ3v) is 3.86. The van der Waals surface area contributed by atoms with Crippen LogP contribution in [0.15, 0.2) is 0 Å². The highest BCUT2D eigenvalue weighted by Gasteiger charge is 2.30. The molecule has 0 aromatic rings. The van der Waals surface area contributed by atoms with Gasteiger partial charge >= 0.3 is 5.97 Å². The van der Waals surface area contributed by atoms with Crippen molar-refractivity contribution < 1.29 is 14.3 Å². The highest BCUT2D eigenvalue weighted by atomic mass is 16.5. The summed E-state index contributed by atoms with van der Waals surface area (Å²) in [7, 11) is 1.44. The van der Waals surface area contributed by atoms with Crippen molar-refractivity contribution in [3.05, 3.63) is 0 Å². The second-order valence-corrected chi connectivity index (χ2v) is 5.05. The molecule has 2 heterocycles. The number of rotatable bonds is 4. The highest BCUT2D eigenvalue weighted by molar-refractivity contribution is 5.75. The SMILES string of the molecule is COC(=O)C1COCCN1CCN1CCCCC1. The minimum atomic E-state index is -0.214. The molecule has 1 unspecified atom stereocenters. The number of morpholine rings is 1. The predicted octanol–water partition coefficient (Wildman–Crippen LogP) is 0.346. The molecule has 2 fully saturated rings. The van der Waals surface area contributed by atoms with Crippen molar-refractivity contribution in [1.82, 2.24) is 9.80 Å². The number of carbonyl (C=O) groups is 1. The van der Waals surface area contributed by atoms with E-state index < -0.39 is 0 Å². The van der Waals surface area contributed by atoms with Gasteiger partial charge in [0.1, 0.15) is 6.04 Å². The zero-order valence-corrected chi connectivity index (χ0v) is 11.3. The van der Waals surface area contributed by atoms with Crippen LogP contribution in [0.5, 0.6) is 0 Å².